The molecule has 0 radical (unpaired) electrons. The minimum absolute atomic E-state index is 0.00836. The van der Waals surface area contributed by atoms with Gasteiger partial charge < -0.3 is 29.1 Å². The van der Waals surface area contributed by atoms with E-state index in [1.807, 2.05) is 31.1 Å². The number of benzene rings is 1. The maximum absolute atomic E-state index is 12.4. The van der Waals surface area contributed by atoms with E-state index in [2.05, 4.69) is 4.90 Å². The van der Waals surface area contributed by atoms with Crippen LogP contribution in [-0.2, 0) is 14.3 Å². The van der Waals surface area contributed by atoms with Crippen molar-refractivity contribution >= 4 is 12.4 Å². The molecule has 0 aromatic heterocycles. The van der Waals surface area contributed by atoms with Gasteiger partial charge in [0, 0.05) is 13.1 Å². The Morgan fingerprint density at radius 3 is 2.52 bits per heavy atom. The fourth-order valence-electron chi connectivity index (χ4n) is 2.46. The van der Waals surface area contributed by atoms with Crippen LogP contribution in [0, 0.1) is 0 Å². The van der Waals surface area contributed by atoms with Gasteiger partial charge in [0.05, 0.1) is 26.4 Å². The van der Waals surface area contributed by atoms with Gasteiger partial charge in [-0.3, -0.25) is 9.59 Å². The van der Waals surface area contributed by atoms with E-state index in [1.165, 1.54) is 0 Å². The van der Waals surface area contributed by atoms with E-state index >= 15 is 0 Å². The zero-order valence-corrected chi connectivity index (χ0v) is 14.9. The summed E-state index contributed by atoms with van der Waals surface area (Å²) < 4.78 is 16.1. The van der Waals surface area contributed by atoms with Gasteiger partial charge in [-0.25, -0.2) is 0 Å². The van der Waals surface area contributed by atoms with Gasteiger partial charge in [-0.05, 0) is 38.4 Å². The number of ether oxygens (including phenoxy) is 3. The van der Waals surface area contributed by atoms with Crippen LogP contribution in [-0.4, -0.2) is 87.4 Å². The lowest BCUT2D eigenvalue weighted by Gasteiger charge is -2.36. The molecule has 140 valence electrons. The lowest BCUT2D eigenvalue weighted by Crippen LogP contribution is -2.53. The Balaban J connectivity index is 0.000000970. The largest absolute Gasteiger partial charge is 0.497 e. The fourth-order valence-corrected chi connectivity index (χ4v) is 2.46. The van der Waals surface area contributed by atoms with Crippen LogP contribution in [0.4, 0.5) is 0 Å². The number of carbonyl (C=O) groups is 2. The summed E-state index contributed by atoms with van der Waals surface area (Å²) in [6.07, 6.45) is 0. The van der Waals surface area contributed by atoms with Crippen LogP contribution >= 0.6 is 0 Å². The number of carboxylic acid groups (broad SMARTS) is 1. The Morgan fingerprint density at radius 1 is 1.36 bits per heavy atom. The smallest absolute Gasteiger partial charge is 0.290 e. The molecule has 1 saturated heterocycles. The highest BCUT2D eigenvalue weighted by Gasteiger charge is 2.27. The minimum atomic E-state index is -0.250. The molecule has 2 rings (SSSR count). The lowest BCUT2D eigenvalue weighted by molar-refractivity contribution is -0.142. The van der Waals surface area contributed by atoms with E-state index in [1.54, 1.807) is 19.2 Å². The summed E-state index contributed by atoms with van der Waals surface area (Å²) in [6.45, 7) is 2.35. The van der Waals surface area contributed by atoms with Crippen LogP contribution in [0.15, 0.2) is 24.3 Å². The predicted molar refractivity (Wildman–Crippen MR) is 92.1 cm³/mol. The van der Waals surface area contributed by atoms with Crippen LogP contribution < -0.4 is 9.47 Å². The molecule has 1 fully saturated rings. The van der Waals surface area contributed by atoms with Crippen LogP contribution in [0.2, 0.25) is 0 Å². The van der Waals surface area contributed by atoms with Gasteiger partial charge in [0.15, 0.2) is 6.61 Å². The second-order valence-electron chi connectivity index (χ2n) is 5.65. The SMILES string of the molecule is COc1ccc(OCC(=O)N2CCOCC2CN(C)C)cc1.O=CO. The summed E-state index contributed by atoms with van der Waals surface area (Å²) in [4.78, 5) is 24.7. The third kappa shape index (κ3) is 7.40. The van der Waals surface area contributed by atoms with Crippen molar-refractivity contribution in [3.63, 3.8) is 0 Å². The summed E-state index contributed by atoms with van der Waals surface area (Å²) in [5, 5.41) is 6.89. The van der Waals surface area contributed by atoms with Crippen LogP contribution in [0.25, 0.3) is 0 Å². The van der Waals surface area contributed by atoms with Crippen molar-refractivity contribution in [2.45, 2.75) is 6.04 Å². The first-order chi connectivity index (χ1) is 12.0. The Morgan fingerprint density at radius 2 is 1.96 bits per heavy atom. The second-order valence-corrected chi connectivity index (χ2v) is 5.65. The van der Waals surface area contributed by atoms with Gasteiger partial charge in [0.25, 0.3) is 12.4 Å². The molecule has 1 atom stereocenters. The Hall–Kier alpha value is -2.32. The predicted octanol–water partition coefficient (Wildman–Crippen LogP) is 0.564. The highest BCUT2D eigenvalue weighted by atomic mass is 16.5. The van der Waals surface area contributed by atoms with E-state index in [0.717, 1.165) is 12.3 Å². The number of morpholine rings is 1. The molecular formula is C17H26N2O6. The van der Waals surface area contributed by atoms with Gasteiger partial charge in [0.1, 0.15) is 11.5 Å². The number of nitrogens with zero attached hydrogens (tertiary/aromatic N) is 2. The average molecular weight is 354 g/mol. The highest BCUT2D eigenvalue weighted by molar-refractivity contribution is 5.78. The molecule has 25 heavy (non-hydrogen) atoms. The van der Waals surface area contributed by atoms with E-state index in [9.17, 15) is 4.79 Å². The molecule has 8 heteroatoms. The Labute approximate surface area is 147 Å². The molecule has 8 nitrogen and oxygen atoms in total. The monoisotopic (exact) mass is 354 g/mol. The van der Waals surface area contributed by atoms with Crippen molar-refractivity contribution < 1.29 is 28.9 Å². The van der Waals surface area contributed by atoms with Crippen LogP contribution in [0.5, 0.6) is 11.5 Å². The normalized spacial score (nSPS) is 16.6. The molecule has 0 spiro atoms. The molecule has 0 saturated carbocycles. The Kier molecular flexibility index (Phi) is 9.34. The fraction of sp³-hybridized carbons (Fsp3) is 0.529. The first-order valence-corrected chi connectivity index (χ1v) is 7.88. The molecule has 0 aliphatic carbocycles. The number of carbonyl (C=O) groups excluding carboxylic acids is 1. The summed E-state index contributed by atoms with van der Waals surface area (Å²) in [7, 11) is 5.60. The molecule has 1 N–H and O–H groups in total. The topological polar surface area (TPSA) is 88.5 Å². The summed E-state index contributed by atoms with van der Waals surface area (Å²) in [5.41, 5.74) is 0. The van der Waals surface area contributed by atoms with Gasteiger partial charge in [-0.15, -0.1) is 0 Å². The van der Waals surface area contributed by atoms with E-state index in [4.69, 9.17) is 24.1 Å². The standard InChI is InChI=1S/C16H24N2O4.CH2O2/c1-17(2)10-13-11-21-9-8-18(13)16(19)12-22-15-6-4-14(20-3)5-7-15;2-1-3/h4-7,13H,8-12H2,1-3H3;1H,(H,2,3). The highest BCUT2D eigenvalue weighted by Crippen LogP contribution is 2.17. The maximum atomic E-state index is 12.4. The maximum Gasteiger partial charge on any atom is 0.290 e. The summed E-state index contributed by atoms with van der Waals surface area (Å²) in [5.74, 6) is 1.41. The molecule has 1 heterocycles. The molecule has 1 amide bonds. The number of methoxy groups -OCH3 is 1. The van der Waals surface area contributed by atoms with Crippen molar-refractivity contribution in [1.29, 1.82) is 0 Å². The van der Waals surface area contributed by atoms with Crippen molar-refractivity contribution in [2.75, 3.05) is 54.1 Å². The summed E-state index contributed by atoms with van der Waals surface area (Å²) >= 11 is 0. The first-order valence-electron chi connectivity index (χ1n) is 7.88. The molecule has 1 aliphatic heterocycles. The van der Waals surface area contributed by atoms with Crippen LogP contribution in [0.1, 0.15) is 0 Å². The zero-order valence-electron chi connectivity index (χ0n) is 14.9. The van der Waals surface area contributed by atoms with Gasteiger partial charge in [-0.1, -0.05) is 0 Å². The van der Waals surface area contributed by atoms with Gasteiger partial charge in [0.2, 0.25) is 0 Å². The van der Waals surface area contributed by atoms with Crippen molar-refractivity contribution in [3.05, 3.63) is 24.3 Å². The average Bonchev–Trinajstić information content (AvgIpc) is 2.61. The molecule has 1 aromatic carbocycles. The third-order valence-electron chi connectivity index (χ3n) is 3.55. The summed E-state index contributed by atoms with van der Waals surface area (Å²) in [6, 6.07) is 7.29. The molecule has 1 aliphatic rings. The van der Waals surface area contributed by atoms with E-state index < -0.39 is 0 Å². The van der Waals surface area contributed by atoms with Crippen molar-refractivity contribution in [2.24, 2.45) is 0 Å². The zero-order chi connectivity index (χ0) is 18.7. The Bertz CT molecular complexity index is 520. The number of rotatable bonds is 6. The van der Waals surface area contributed by atoms with Gasteiger partial charge in [-0.2, -0.15) is 0 Å². The third-order valence-corrected chi connectivity index (χ3v) is 3.55. The van der Waals surface area contributed by atoms with Gasteiger partial charge >= 0.3 is 0 Å². The van der Waals surface area contributed by atoms with Crippen molar-refractivity contribution in [3.8, 4) is 11.5 Å². The number of hydrogen-bond donors (Lipinski definition) is 1. The first kappa shape index (κ1) is 20.7. The number of amides is 1. The number of likely N-dealkylation sites (N-methyl/N-ethyl adjacent to an activating group) is 1. The van der Waals surface area contributed by atoms with E-state index in [-0.39, 0.29) is 25.0 Å². The second kappa shape index (κ2) is 11.3. The molecular weight excluding hydrogens is 328 g/mol. The van der Waals surface area contributed by atoms with E-state index in [0.29, 0.717) is 25.5 Å². The van der Waals surface area contributed by atoms with Crippen LogP contribution in [0.3, 0.4) is 0 Å². The minimum Gasteiger partial charge on any atom is -0.497 e. The molecule has 1 unspecified atom stereocenters. The number of hydrogen-bond acceptors (Lipinski definition) is 6. The molecule has 0 bridgehead atoms. The molecule has 1 aromatic rings. The lowest BCUT2D eigenvalue weighted by atomic mass is 10.2. The quantitative estimate of drug-likeness (QED) is 0.747. The van der Waals surface area contributed by atoms with Crippen molar-refractivity contribution in [1.82, 2.24) is 9.80 Å².